The Hall–Kier alpha value is -2.29. The summed E-state index contributed by atoms with van der Waals surface area (Å²) < 4.78 is 10.9. The van der Waals surface area contributed by atoms with Crippen molar-refractivity contribution in [2.24, 2.45) is 0 Å². The van der Waals surface area contributed by atoms with Crippen molar-refractivity contribution in [3.8, 4) is 11.5 Å². The minimum absolute atomic E-state index is 0.161. The molecule has 0 aliphatic carbocycles. The van der Waals surface area contributed by atoms with Crippen LogP contribution in [0.3, 0.4) is 0 Å². The predicted molar refractivity (Wildman–Crippen MR) is 83.1 cm³/mol. The normalized spacial score (nSPS) is 10.2. The quantitative estimate of drug-likeness (QED) is 0.747. The molecule has 21 heavy (non-hydrogen) atoms. The summed E-state index contributed by atoms with van der Waals surface area (Å²) in [4.78, 5) is 11.7. The Morgan fingerprint density at radius 3 is 2.29 bits per heavy atom. The minimum Gasteiger partial charge on any atom is -0.497 e. The summed E-state index contributed by atoms with van der Waals surface area (Å²) in [6, 6.07) is 13.4. The number of carbonyl (C=O) groups is 1. The SMILES string of the molecule is CCC(=O)c1ccc(OCc2ccc(OC)cc2)cc1C. The van der Waals surface area contributed by atoms with Gasteiger partial charge in [0.25, 0.3) is 0 Å². The Morgan fingerprint density at radius 1 is 1.05 bits per heavy atom. The van der Waals surface area contributed by atoms with E-state index in [0.29, 0.717) is 13.0 Å². The van der Waals surface area contributed by atoms with Crippen LogP contribution in [0.2, 0.25) is 0 Å². The molecule has 3 nitrogen and oxygen atoms in total. The fraction of sp³-hybridized carbons (Fsp3) is 0.278. The van der Waals surface area contributed by atoms with Crippen molar-refractivity contribution in [2.75, 3.05) is 7.11 Å². The van der Waals surface area contributed by atoms with E-state index in [1.165, 1.54) is 0 Å². The molecule has 0 spiro atoms. The second-order valence-corrected chi connectivity index (χ2v) is 4.89. The van der Waals surface area contributed by atoms with Crippen molar-refractivity contribution in [2.45, 2.75) is 26.9 Å². The molecule has 0 fully saturated rings. The van der Waals surface area contributed by atoms with Gasteiger partial charge in [-0.15, -0.1) is 0 Å². The lowest BCUT2D eigenvalue weighted by Crippen LogP contribution is -2.01. The van der Waals surface area contributed by atoms with E-state index in [2.05, 4.69) is 0 Å². The maximum atomic E-state index is 11.7. The monoisotopic (exact) mass is 284 g/mol. The number of aryl methyl sites for hydroxylation is 1. The molecule has 0 saturated carbocycles. The van der Waals surface area contributed by atoms with Gasteiger partial charge < -0.3 is 9.47 Å². The van der Waals surface area contributed by atoms with E-state index >= 15 is 0 Å². The third kappa shape index (κ3) is 3.85. The number of hydrogen-bond donors (Lipinski definition) is 0. The van der Waals surface area contributed by atoms with Gasteiger partial charge in [-0.05, 0) is 48.4 Å². The Bertz CT molecular complexity index is 615. The number of ketones is 1. The zero-order chi connectivity index (χ0) is 15.2. The van der Waals surface area contributed by atoms with Crippen LogP contribution in [-0.4, -0.2) is 12.9 Å². The lowest BCUT2D eigenvalue weighted by Gasteiger charge is -2.10. The molecule has 0 aliphatic heterocycles. The molecule has 0 radical (unpaired) electrons. The highest BCUT2D eigenvalue weighted by atomic mass is 16.5. The average Bonchev–Trinajstić information content (AvgIpc) is 2.52. The van der Waals surface area contributed by atoms with Crippen molar-refractivity contribution >= 4 is 5.78 Å². The van der Waals surface area contributed by atoms with Crippen LogP contribution >= 0.6 is 0 Å². The van der Waals surface area contributed by atoms with E-state index in [4.69, 9.17) is 9.47 Å². The van der Waals surface area contributed by atoms with E-state index in [-0.39, 0.29) is 5.78 Å². The molecule has 3 heteroatoms. The van der Waals surface area contributed by atoms with Gasteiger partial charge >= 0.3 is 0 Å². The molecule has 110 valence electrons. The molecule has 0 amide bonds. The van der Waals surface area contributed by atoms with Gasteiger partial charge in [-0.1, -0.05) is 19.1 Å². The zero-order valence-electron chi connectivity index (χ0n) is 12.7. The molecule has 0 atom stereocenters. The zero-order valence-corrected chi connectivity index (χ0v) is 12.7. The number of Topliss-reactive ketones (excluding diaryl/α,β-unsaturated/α-hetero) is 1. The minimum atomic E-state index is 0.161. The standard InChI is InChI=1S/C18H20O3/c1-4-18(19)17-10-9-16(11-13(17)2)21-12-14-5-7-15(20-3)8-6-14/h5-11H,4,12H2,1-3H3. The largest absolute Gasteiger partial charge is 0.497 e. The highest BCUT2D eigenvalue weighted by Gasteiger charge is 2.07. The first-order chi connectivity index (χ1) is 10.1. The molecule has 0 heterocycles. The summed E-state index contributed by atoms with van der Waals surface area (Å²) in [5.74, 6) is 1.77. The Balaban J connectivity index is 2.03. The van der Waals surface area contributed by atoms with E-state index in [9.17, 15) is 4.79 Å². The van der Waals surface area contributed by atoms with E-state index in [1.807, 2.05) is 56.3 Å². The summed E-state index contributed by atoms with van der Waals surface area (Å²) in [7, 11) is 1.65. The molecule has 0 bridgehead atoms. The molecule has 0 unspecified atom stereocenters. The fourth-order valence-corrected chi connectivity index (χ4v) is 2.12. The summed E-state index contributed by atoms with van der Waals surface area (Å²) in [5, 5.41) is 0. The number of hydrogen-bond acceptors (Lipinski definition) is 3. The van der Waals surface area contributed by atoms with Crippen LogP contribution in [-0.2, 0) is 6.61 Å². The summed E-state index contributed by atoms with van der Waals surface area (Å²) >= 11 is 0. The number of carbonyl (C=O) groups excluding carboxylic acids is 1. The maximum absolute atomic E-state index is 11.7. The van der Waals surface area contributed by atoms with Gasteiger partial charge in [0.2, 0.25) is 0 Å². The average molecular weight is 284 g/mol. The smallest absolute Gasteiger partial charge is 0.162 e. The number of methoxy groups -OCH3 is 1. The van der Waals surface area contributed by atoms with Gasteiger partial charge in [0.05, 0.1) is 7.11 Å². The Labute approximate surface area is 125 Å². The third-order valence-electron chi connectivity index (χ3n) is 3.38. The van der Waals surface area contributed by atoms with E-state index < -0.39 is 0 Å². The van der Waals surface area contributed by atoms with Gasteiger partial charge in [-0.3, -0.25) is 4.79 Å². The first-order valence-corrected chi connectivity index (χ1v) is 7.03. The summed E-state index contributed by atoms with van der Waals surface area (Å²) in [5.41, 5.74) is 2.80. The number of ether oxygens (including phenoxy) is 2. The van der Waals surface area contributed by atoms with Crippen LogP contribution in [0, 0.1) is 6.92 Å². The predicted octanol–water partition coefficient (Wildman–Crippen LogP) is 4.18. The lowest BCUT2D eigenvalue weighted by atomic mass is 10.0. The molecule has 0 aliphatic rings. The van der Waals surface area contributed by atoms with Gasteiger partial charge in [0, 0.05) is 12.0 Å². The molecule has 0 saturated heterocycles. The molecule has 2 aromatic carbocycles. The molecular formula is C18H20O3. The van der Waals surface area contributed by atoms with Crippen LogP contribution in [0.1, 0.15) is 34.8 Å². The topological polar surface area (TPSA) is 35.5 Å². The Kier molecular flexibility index (Phi) is 4.99. The Morgan fingerprint density at radius 2 is 1.71 bits per heavy atom. The van der Waals surface area contributed by atoms with Crippen molar-refractivity contribution in [3.05, 3.63) is 59.2 Å². The van der Waals surface area contributed by atoms with Crippen LogP contribution in [0.4, 0.5) is 0 Å². The number of benzene rings is 2. The third-order valence-corrected chi connectivity index (χ3v) is 3.38. The van der Waals surface area contributed by atoms with Gasteiger partial charge in [-0.25, -0.2) is 0 Å². The fourth-order valence-electron chi connectivity index (χ4n) is 2.12. The highest BCUT2D eigenvalue weighted by Crippen LogP contribution is 2.20. The molecule has 0 N–H and O–H groups in total. The molecule has 0 aromatic heterocycles. The second-order valence-electron chi connectivity index (χ2n) is 4.89. The molecule has 2 aromatic rings. The van der Waals surface area contributed by atoms with Crippen molar-refractivity contribution in [3.63, 3.8) is 0 Å². The van der Waals surface area contributed by atoms with Gasteiger partial charge in [-0.2, -0.15) is 0 Å². The van der Waals surface area contributed by atoms with Crippen LogP contribution in [0.25, 0.3) is 0 Å². The first-order valence-electron chi connectivity index (χ1n) is 7.03. The van der Waals surface area contributed by atoms with Gasteiger partial charge in [0.15, 0.2) is 5.78 Å². The maximum Gasteiger partial charge on any atom is 0.162 e. The number of rotatable bonds is 6. The van der Waals surface area contributed by atoms with Crippen LogP contribution < -0.4 is 9.47 Å². The van der Waals surface area contributed by atoms with Crippen LogP contribution in [0.15, 0.2) is 42.5 Å². The lowest BCUT2D eigenvalue weighted by molar-refractivity contribution is 0.0987. The highest BCUT2D eigenvalue weighted by molar-refractivity contribution is 5.97. The summed E-state index contributed by atoms with van der Waals surface area (Å²) in [6.07, 6.45) is 0.521. The van der Waals surface area contributed by atoms with E-state index in [0.717, 1.165) is 28.2 Å². The molecular weight excluding hydrogens is 264 g/mol. The van der Waals surface area contributed by atoms with Crippen molar-refractivity contribution in [1.29, 1.82) is 0 Å². The van der Waals surface area contributed by atoms with Crippen molar-refractivity contribution in [1.82, 2.24) is 0 Å². The summed E-state index contributed by atoms with van der Waals surface area (Å²) in [6.45, 7) is 4.30. The molecule has 2 rings (SSSR count). The first kappa shape index (κ1) is 15.1. The van der Waals surface area contributed by atoms with Crippen LogP contribution in [0.5, 0.6) is 11.5 Å². The van der Waals surface area contributed by atoms with E-state index in [1.54, 1.807) is 7.11 Å². The van der Waals surface area contributed by atoms with Crippen molar-refractivity contribution < 1.29 is 14.3 Å². The van der Waals surface area contributed by atoms with Gasteiger partial charge in [0.1, 0.15) is 18.1 Å². The second kappa shape index (κ2) is 6.93.